The van der Waals surface area contributed by atoms with E-state index in [0.29, 0.717) is 17.9 Å². The van der Waals surface area contributed by atoms with Gasteiger partial charge < -0.3 is 9.16 Å². The molecule has 1 aliphatic rings. The zero-order chi connectivity index (χ0) is 15.3. The van der Waals surface area contributed by atoms with E-state index in [1.54, 1.807) is 6.07 Å². The molecule has 0 saturated heterocycles. The Bertz CT molecular complexity index is 470. The second-order valence-electron chi connectivity index (χ2n) is 5.97. The summed E-state index contributed by atoms with van der Waals surface area (Å²) in [7, 11) is -1.60. The maximum atomic E-state index is 11.0. The van der Waals surface area contributed by atoms with Crippen molar-refractivity contribution in [3.63, 3.8) is 0 Å². The molecule has 21 heavy (non-hydrogen) atoms. The lowest BCUT2D eigenvalue weighted by Crippen LogP contribution is -2.43. The summed E-state index contributed by atoms with van der Waals surface area (Å²) in [6.45, 7) is 7.31. The summed E-state index contributed by atoms with van der Waals surface area (Å²) < 4.78 is 12.5. The Kier molecular flexibility index (Phi) is 5.22. The van der Waals surface area contributed by atoms with E-state index in [1.165, 1.54) is 0 Å². The van der Waals surface area contributed by atoms with Crippen molar-refractivity contribution in [2.24, 2.45) is 0 Å². The Hall–Kier alpha value is -1.13. The Balaban J connectivity index is 2.01. The van der Waals surface area contributed by atoms with Crippen LogP contribution in [0.5, 0.6) is 5.75 Å². The minimum absolute atomic E-state index is 0.0930. The van der Waals surface area contributed by atoms with Crippen LogP contribution in [0.1, 0.15) is 44.0 Å². The fraction of sp³-hybridized carbons (Fsp3) is 0.588. The van der Waals surface area contributed by atoms with Gasteiger partial charge in [0.1, 0.15) is 12.4 Å². The van der Waals surface area contributed by atoms with Gasteiger partial charge in [-0.2, -0.15) is 0 Å². The van der Waals surface area contributed by atoms with Crippen LogP contribution in [-0.2, 0) is 4.43 Å². The van der Waals surface area contributed by atoms with Crippen LogP contribution in [0.4, 0.5) is 0 Å². The third-order valence-electron chi connectivity index (χ3n) is 4.71. The first-order valence-electron chi connectivity index (χ1n) is 8.00. The van der Waals surface area contributed by atoms with Crippen molar-refractivity contribution >= 4 is 14.6 Å². The summed E-state index contributed by atoms with van der Waals surface area (Å²) in [5, 5.41) is 0. The van der Waals surface area contributed by atoms with E-state index in [-0.39, 0.29) is 5.60 Å². The van der Waals surface area contributed by atoms with E-state index in [4.69, 9.17) is 9.16 Å². The van der Waals surface area contributed by atoms with Gasteiger partial charge in [0, 0.05) is 0 Å². The smallest absolute Gasteiger partial charge is 0.193 e. The number of ether oxygens (including phenoxy) is 1. The molecule has 3 nitrogen and oxygen atoms in total. The van der Waals surface area contributed by atoms with E-state index in [9.17, 15) is 4.79 Å². The normalized spacial score (nSPS) is 16.5. The molecule has 0 aliphatic heterocycles. The van der Waals surface area contributed by atoms with E-state index >= 15 is 0 Å². The Morgan fingerprint density at radius 3 is 2.29 bits per heavy atom. The summed E-state index contributed by atoms with van der Waals surface area (Å²) in [5.41, 5.74) is 0.517. The zero-order valence-corrected chi connectivity index (χ0v) is 14.4. The predicted molar refractivity (Wildman–Crippen MR) is 87.6 cm³/mol. The van der Waals surface area contributed by atoms with Gasteiger partial charge in [0.25, 0.3) is 0 Å². The summed E-state index contributed by atoms with van der Waals surface area (Å²) in [6, 6.07) is 10.9. The molecular weight excluding hydrogens is 280 g/mol. The van der Waals surface area contributed by atoms with Gasteiger partial charge in [-0.3, -0.25) is 4.79 Å². The average Bonchev–Trinajstić information content (AvgIpc) is 3.31. The number of hydrogen-bond donors (Lipinski definition) is 0. The highest BCUT2D eigenvalue weighted by Gasteiger charge is 2.50. The molecule has 1 aliphatic carbocycles. The monoisotopic (exact) mass is 306 g/mol. The Morgan fingerprint density at radius 1 is 1.14 bits per heavy atom. The minimum Gasteiger partial charge on any atom is -0.490 e. The maximum Gasteiger partial charge on any atom is 0.193 e. The first-order valence-corrected chi connectivity index (χ1v) is 10.5. The van der Waals surface area contributed by atoms with Crippen molar-refractivity contribution in [1.82, 2.24) is 0 Å². The SMILES string of the molecule is CC[Si](CC)(CC)OC1(COc2ccccc2C=O)CC1. The van der Waals surface area contributed by atoms with Gasteiger partial charge in [-0.25, -0.2) is 0 Å². The fourth-order valence-corrected chi connectivity index (χ4v) is 5.87. The molecule has 0 N–H and O–H groups in total. The number of carbonyl (C=O) groups is 1. The van der Waals surface area contributed by atoms with Crippen LogP contribution in [0.25, 0.3) is 0 Å². The fourth-order valence-electron chi connectivity index (χ4n) is 2.76. The van der Waals surface area contributed by atoms with E-state index in [2.05, 4.69) is 20.8 Å². The zero-order valence-electron chi connectivity index (χ0n) is 13.4. The van der Waals surface area contributed by atoms with Gasteiger partial charge in [-0.05, 0) is 43.1 Å². The summed E-state index contributed by atoms with van der Waals surface area (Å²) in [4.78, 5) is 11.0. The molecule has 116 valence electrons. The van der Waals surface area contributed by atoms with Crippen molar-refractivity contribution in [3.05, 3.63) is 29.8 Å². The quantitative estimate of drug-likeness (QED) is 0.500. The van der Waals surface area contributed by atoms with Gasteiger partial charge in [0.15, 0.2) is 14.6 Å². The lowest BCUT2D eigenvalue weighted by molar-refractivity contribution is 0.0953. The van der Waals surface area contributed by atoms with Crippen LogP contribution < -0.4 is 4.74 Å². The van der Waals surface area contributed by atoms with Crippen molar-refractivity contribution < 1.29 is 14.0 Å². The largest absolute Gasteiger partial charge is 0.490 e. The highest BCUT2D eigenvalue weighted by Crippen LogP contribution is 2.44. The Labute approximate surface area is 128 Å². The molecule has 1 saturated carbocycles. The van der Waals surface area contributed by atoms with Crippen LogP contribution >= 0.6 is 0 Å². The van der Waals surface area contributed by atoms with Crippen LogP contribution in [-0.4, -0.2) is 26.8 Å². The third-order valence-corrected chi connectivity index (χ3v) is 9.44. The van der Waals surface area contributed by atoms with Crippen LogP contribution in [0.15, 0.2) is 24.3 Å². The van der Waals surface area contributed by atoms with Crippen molar-refractivity contribution in [2.75, 3.05) is 6.61 Å². The highest BCUT2D eigenvalue weighted by molar-refractivity contribution is 6.73. The molecule has 0 amide bonds. The van der Waals surface area contributed by atoms with Crippen molar-refractivity contribution in [3.8, 4) is 5.75 Å². The van der Waals surface area contributed by atoms with Crippen LogP contribution in [0.2, 0.25) is 18.1 Å². The lowest BCUT2D eigenvalue weighted by atomic mass is 10.2. The molecule has 0 aromatic heterocycles. The number of carbonyl (C=O) groups excluding carboxylic acids is 1. The number of rotatable bonds is 9. The highest BCUT2D eigenvalue weighted by atomic mass is 28.4. The first-order chi connectivity index (χ1) is 10.1. The molecule has 0 bridgehead atoms. The molecule has 1 fully saturated rings. The number of aldehydes is 1. The van der Waals surface area contributed by atoms with Gasteiger partial charge in [-0.15, -0.1) is 0 Å². The van der Waals surface area contributed by atoms with Gasteiger partial charge in [-0.1, -0.05) is 32.9 Å². The minimum atomic E-state index is -1.60. The second-order valence-corrected chi connectivity index (χ2v) is 10.7. The standard InChI is InChI=1S/C17H26O3Si/c1-4-21(5-2,6-3)20-17(11-12-17)14-19-16-10-8-7-9-15(16)13-18/h7-10,13H,4-6,11-12,14H2,1-3H3. The third kappa shape index (κ3) is 3.74. The van der Waals surface area contributed by atoms with Crippen molar-refractivity contribution in [1.29, 1.82) is 0 Å². The molecule has 0 unspecified atom stereocenters. The molecule has 0 spiro atoms. The van der Waals surface area contributed by atoms with Gasteiger partial charge in [0.05, 0.1) is 11.2 Å². The molecule has 1 aromatic rings. The Morgan fingerprint density at radius 2 is 1.76 bits per heavy atom. The average molecular weight is 306 g/mol. The van der Waals surface area contributed by atoms with Crippen LogP contribution in [0, 0.1) is 0 Å². The summed E-state index contributed by atoms with van der Waals surface area (Å²) in [6.07, 6.45) is 2.99. The molecule has 0 atom stereocenters. The molecule has 4 heteroatoms. The first kappa shape index (κ1) is 16.2. The van der Waals surface area contributed by atoms with Gasteiger partial charge >= 0.3 is 0 Å². The van der Waals surface area contributed by atoms with Gasteiger partial charge in [0.2, 0.25) is 0 Å². The van der Waals surface area contributed by atoms with E-state index in [1.807, 2.05) is 18.2 Å². The van der Waals surface area contributed by atoms with Crippen LogP contribution in [0.3, 0.4) is 0 Å². The molecule has 0 heterocycles. The predicted octanol–water partition coefficient (Wildman–Crippen LogP) is 4.43. The van der Waals surface area contributed by atoms with E-state index in [0.717, 1.165) is 37.3 Å². The van der Waals surface area contributed by atoms with E-state index < -0.39 is 8.32 Å². The molecule has 0 radical (unpaired) electrons. The molecular formula is C17H26O3Si. The maximum absolute atomic E-state index is 11.0. The summed E-state index contributed by atoms with van der Waals surface area (Å²) >= 11 is 0. The van der Waals surface area contributed by atoms with Crippen molar-refractivity contribution in [2.45, 2.75) is 57.3 Å². The second kappa shape index (κ2) is 6.75. The number of hydrogen-bond acceptors (Lipinski definition) is 3. The molecule has 1 aromatic carbocycles. The summed E-state index contributed by atoms with van der Waals surface area (Å²) in [5.74, 6) is 0.666. The number of para-hydroxylation sites is 1. The topological polar surface area (TPSA) is 35.5 Å². The number of benzene rings is 1. The lowest BCUT2D eigenvalue weighted by Gasteiger charge is -2.33. The molecule has 2 rings (SSSR count).